The van der Waals surface area contributed by atoms with Crippen LogP contribution >= 0.6 is 15.9 Å². The topological polar surface area (TPSA) is 61.4 Å². The van der Waals surface area contributed by atoms with Gasteiger partial charge in [0.15, 0.2) is 0 Å². The normalized spacial score (nSPS) is 18.1. The number of rotatable bonds is 1. The van der Waals surface area contributed by atoms with Gasteiger partial charge < -0.3 is 15.5 Å². The van der Waals surface area contributed by atoms with Crippen molar-refractivity contribution in [3.05, 3.63) is 63.6 Å². The molecule has 0 radical (unpaired) electrons. The molecular formula is C20H20BrN3O2. The van der Waals surface area contributed by atoms with Gasteiger partial charge in [0, 0.05) is 36.0 Å². The maximum atomic E-state index is 12.7. The number of piperidine rings is 1. The fraction of sp³-hybridized carbons (Fsp3) is 0.300. The summed E-state index contributed by atoms with van der Waals surface area (Å²) in [5.74, 6) is -0.0194. The Bertz CT molecular complexity index is 888. The summed E-state index contributed by atoms with van der Waals surface area (Å²) in [6.07, 6.45) is 1.35. The molecule has 0 unspecified atom stereocenters. The highest BCUT2D eigenvalue weighted by Crippen LogP contribution is 2.33. The van der Waals surface area contributed by atoms with Crippen LogP contribution in [0.4, 0.5) is 5.69 Å². The number of carbonyl (C=O) groups is 2. The van der Waals surface area contributed by atoms with Gasteiger partial charge in [0.05, 0.1) is 11.3 Å². The molecule has 2 N–H and O–H groups in total. The Morgan fingerprint density at radius 1 is 1.12 bits per heavy atom. The summed E-state index contributed by atoms with van der Waals surface area (Å²) >= 11 is 3.41. The van der Waals surface area contributed by atoms with E-state index in [1.807, 2.05) is 54.3 Å². The molecular weight excluding hydrogens is 394 g/mol. The maximum Gasteiger partial charge on any atom is 0.255 e. The number of halogens is 1. The third-order valence-corrected chi connectivity index (χ3v) is 5.70. The number of hydrogen-bond donors (Lipinski definition) is 2. The fourth-order valence-corrected chi connectivity index (χ4v) is 4.12. The van der Waals surface area contributed by atoms with Gasteiger partial charge in [-0.15, -0.1) is 0 Å². The van der Waals surface area contributed by atoms with Gasteiger partial charge >= 0.3 is 0 Å². The fourth-order valence-electron chi connectivity index (χ4n) is 3.72. The highest BCUT2D eigenvalue weighted by atomic mass is 79.9. The van der Waals surface area contributed by atoms with Gasteiger partial charge in [-0.1, -0.05) is 34.1 Å². The SMILES string of the molecule is Cc1cccc2c1NC1(CCN(C(=O)c3cccc(Br)c3)CC1)NC2=O. The Balaban J connectivity index is 1.51. The molecule has 2 aliphatic rings. The molecule has 2 aliphatic heterocycles. The van der Waals surface area contributed by atoms with Gasteiger partial charge in [-0.2, -0.15) is 0 Å². The van der Waals surface area contributed by atoms with Crippen LogP contribution in [0.15, 0.2) is 46.9 Å². The number of nitrogens with one attached hydrogen (secondary N) is 2. The van der Waals surface area contributed by atoms with Crippen LogP contribution in [-0.2, 0) is 0 Å². The lowest BCUT2D eigenvalue weighted by molar-refractivity contribution is 0.0639. The van der Waals surface area contributed by atoms with Crippen molar-refractivity contribution in [3.8, 4) is 0 Å². The van der Waals surface area contributed by atoms with Crippen molar-refractivity contribution in [1.82, 2.24) is 10.2 Å². The van der Waals surface area contributed by atoms with Crippen LogP contribution in [0.2, 0.25) is 0 Å². The second kappa shape index (κ2) is 6.43. The van der Waals surface area contributed by atoms with E-state index < -0.39 is 5.66 Å². The molecule has 4 rings (SSSR count). The van der Waals surface area contributed by atoms with E-state index in [0.29, 0.717) is 37.1 Å². The molecule has 2 heterocycles. The Morgan fingerprint density at radius 3 is 2.58 bits per heavy atom. The minimum Gasteiger partial charge on any atom is -0.362 e. The molecule has 134 valence electrons. The Labute approximate surface area is 160 Å². The van der Waals surface area contributed by atoms with E-state index in [4.69, 9.17) is 0 Å². The van der Waals surface area contributed by atoms with Crippen LogP contribution in [0.25, 0.3) is 0 Å². The second-order valence-electron chi connectivity index (χ2n) is 6.96. The van der Waals surface area contributed by atoms with Crippen molar-refractivity contribution in [2.24, 2.45) is 0 Å². The summed E-state index contributed by atoms with van der Waals surface area (Å²) in [6.45, 7) is 3.20. The first-order valence-electron chi connectivity index (χ1n) is 8.73. The van der Waals surface area contributed by atoms with E-state index in [1.165, 1.54) is 0 Å². The van der Waals surface area contributed by atoms with Crippen molar-refractivity contribution in [3.63, 3.8) is 0 Å². The third-order valence-electron chi connectivity index (χ3n) is 5.21. The van der Waals surface area contributed by atoms with E-state index in [0.717, 1.165) is 15.7 Å². The lowest BCUT2D eigenvalue weighted by atomic mass is 9.91. The number of anilines is 1. The average molecular weight is 414 g/mol. The van der Waals surface area contributed by atoms with E-state index in [2.05, 4.69) is 26.6 Å². The van der Waals surface area contributed by atoms with Gasteiger partial charge in [-0.3, -0.25) is 9.59 Å². The van der Waals surface area contributed by atoms with Crippen molar-refractivity contribution >= 4 is 33.4 Å². The summed E-state index contributed by atoms with van der Waals surface area (Å²) < 4.78 is 0.894. The van der Waals surface area contributed by atoms with Crippen LogP contribution in [0, 0.1) is 6.92 Å². The highest BCUT2D eigenvalue weighted by molar-refractivity contribution is 9.10. The zero-order valence-corrected chi connectivity index (χ0v) is 16.1. The number of para-hydroxylation sites is 1. The van der Waals surface area contributed by atoms with Crippen molar-refractivity contribution in [2.75, 3.05) is 18.4 Å². The Hall–Kier alpha value is -2.34. The number of hydrogen-bond acceptors (Lipinski definition) is 3. The maximum absolute atomic E-state index is 12.7. The van der Waals surface area contributed by atoms with E-state index in [9.17, 15) is 9.59 Å². The molecule has 2 aromatic rings. The average Bonchev–Trinajstić information content (AvgIpc) is 2.63. The predicted octanol–water partition coefficient (Wildman–Crippen LogP) is 3.55. The molecule has 0 aromatic heterocycles. The van der Waals surface area contributed by atoms with Crippen LogP contribution in [0.3, 0.4) is 0 Å². The molecule has 2 aromatic carbocycles. The zero-order valence-electron chi connectivity index (χ0n) is 14.5. The van der Waals surface area contributed by atoms with Gasteiger partial charge in [0.25, 0.3) is 11.8 Å². The minimum atomic E-state index is -0.482. The summed E-state index contributed by atoms with van der Waals surface area (Å²) in [4.78, 5) is 27.1. The molecule has 1 saturated heterocycles. The van der Waals surface area contributed by atoms with Crippen LogP contribution < -0.4 is 10.6 Å². The zero-order chi connectivity index (χ0) is 18.3. The van der Waals surface area contributed by atoms with E-state index in [1.54, 1.807) is 0 Å². The first kappa shape index (κ1) is 17.1. The van der Waals surface area contributed by atoms with Crippen molar-refractivity contribution in [2.45, 2.75) is 25.4 Å². The van der Waals surface area contributed by atoms with Gasteiger partial charge in [-0.05, 0) is 36.8 Å². The number of fused-ring (bicyclic) bond motifs is 1. The molecule has 0 atom stereocenters. The van der Waals surface area contributed by atoms with Crippen LogP contribution in [-0.4, -0.2) is 35.5 Å². The summed E-state index contributed by atoms with van der Waals surface area (Å²) in [6, 6.07) is 13.2. The lowest BCUT2D eigenvalue weighted by Gasteiger charge is -2.46. The first-order valence-corrected chi connectivity index (χ1v) is 9.52. The molecule has 6 heteroatoms. The number of amides is 2. The van der Waals surface area contributed by atoms with E-state index >= 15 is 0 Å². The second-order valence-corrected chi connectivity index (χ2v) is 7.88. The summed E-state index contributed by atoms with van der Waals surface area (Å²) in [7, 11) is 0. The third kappa shape index (κ3) is 2.98. The summed E-state index contributed by atoms with van der Waals surface area (Å²) in [5, 5.41) is 6.67. The predicted molar refractivity (Wildman–Crippen MR) is 104 cm³/mol. The lowest BCUT2D eigenvalue weighted by Crippen LogP contribution is -2.62. The van der Waals surface area contributed by atoms with Crippen LogP contribution in [0.5, 0.6) is 0 Å². The van der Waals surface area contributed by atoms with Gasteiger partial charge in [0.1, 0.15) is 5.66 Å². The molecule has 0 saturated carbocycles. The largest absolute Gasteiger partial charge is 0.362 e. The molecule has 26 heavy (non-hydrogen) atoms. The Morgan fingerprint density at radius 2 is 1.85 bits per heavy atom. The van der Waals surface area contributed by atoms with Gasteiger partial charge in [0.2, 0.25) is 0 Å². The number of aryl methyl sites for hydroxylation is 1. The number of carbonyl (C=O) groups excluding carboxylic acids is 2. The van der Waals surface area contributed by atoms with E-state index in [-0.39, 0.29) is 11.8 Å². The molecule has 0 bridgehead atoms. The van der Waals surface area contributed by atoms with Crippen LogP contribution in [0.1, 0.15) is 39.1 Å². The smallest absolute Gasteiger partial charge is 0.255 e. The number of likely N-dealkylation sites (tertiary alicyclic amines) is 1. The summed E-state index contributed by atoms with van der Waals surface area (Å²) in [5.41, 5.74) is 2.84. The Kier molecular flexibility index (Phi) is 4.23. The van der Waals surface area contributed by atoms with Crippen molar-refractivity contribution in [1.29, 1.82) is 0 Å². The quantitative estimate of drug-likeness (QED) is 0.751. The molecule has 5 nitrogen and oxygen atoms in total. The standard InChI is InChI=1S/C20H20BrN3O2/c1-13-4-2-7-16-17(13)22-20(23-18(16)25)8-10-24(11-9-20)19(26)14-5-3-6-15(21)12-14/h2-7,12,22H,8-11H2,1H3,(H,23,25). The molecule has 1 fully saturated rings. The molecule has 2 amide bonds. The van der Waals surface area contributed by atoms with Crippen molar-refractivity contribution < 1.29 is 9.59 Å². The monoisotopic (exact) mass is 413 g/mol. The molecule has 1 spiro atoms. The number of nitrogens with zero attached hydrogens (tertiary/aromatic N) is 1. The first-order chi connectivity index (χ1) is 12.5. The highest BCUT2D eigenvalue weighted by Gasteiger charge is 2.41. The molecule has 0 aliphatic carbocycles. The number of benzene rings is 2. The van der Waals surface area contributed by atoms with Gasteiger partial charge in [-0.25, -0.2) is 0 Å². The minimum absolute atomic E-state index is 0.0277.